The number of aliphatic carboxylic acids is 2. The molecule has 1 aromatic heterocycles. The Morgan fingerprint density at radius 2 is 1.07 bits per heavy atom. The lowest BCUT2D eigenvalue weighted by Crippen LogP contribution is -2.62. The van der Waals surface area contributed by atoms with Crippen LogP contribution in [0.1, 0.15) is 107 Å². The smallest absolute Gasteiger partial charge is 0.305 e. The molecular weight excluding hydrogens is 1650 g/mol. The van der Waals surface area contributed by atoms with Crippen molar-refractivity contribution in [2.24, 2.45) is 17.6 Å². The Kier molecular flexibility index (Phi) is 36.1. The zero-order valence-corrected chi connectivity index (χ0v) is 72.5. The molecule has 0 unspecified atom stereocenters. The van der Waals surface area contributed by atoms with E-state index in [4.69, 9.17) is 5.73 Å². The van der Waals surface area contributed by atoms with Crippen LogP contribution in [0.15, 0.2) is 134 Å². The van der Waals surface area contributed by atoms with Gasteiger partial charge in [0.05, 0.1) is 31.0 Å². The highest BCUT2D eigenvalue weighted by Crippen LogP contribution is 2.32. The monoisotopic (exact) mass is 1760 g/mol. The number of aromatic amines is 1. The second-order valence-electron chi connectivity index (χ2n) is 32.2. The summed E-state index contributed by atoms with van der Waals surface area (Å²) >= 11 is 0.772. The number of carboxylic acids is 2. The Morgan fingerprint density at radius 1 is 0.524 bits per heavy atom. The van der Waals surface area contributed by atoms with E-state index in [1.807, 2.05) is 0 Å². The molecule has 0 radical (unpaired) electrons. The van der Waals surface area contributed by atoms with Crippen molar-refractivity contribution in [1.82, 2.24) is 72.4 Å². The first-order valence-corrected chi connectivity index (χ1v) is 42.5. The highest BCUT2D eigenvalue weighted by Gasteiger charge is 2.44. The van der Waals surface area contributed by atoms with Gasteiger partial charge in [-0.2, -0.15) is 0 Å². The largest absolute Gasteiger partial charge is 0.508 e. The predicted octanol–water partition coefficient (Wildman–Crippen LogP) is 0.837. The molecule has 676 valence electrons. The van der Waals surface area contributed by atoms with Crippen LogP contribution in [-0.2, 0) is 114 Å². The van der Waals surface area contributed by atoms with Gasteiger partial charge in [0, 0.05) is 95.6 Å². The highest BCUT2D eigenvalue weighted by molar-refractivity contribution is 8.00. The first kappa shape index (κ1) is 98.0. The number of phenols is 2. The average molecular weight is 1760 g/mol. The van der Waals surface area contributed by atoms with E-state index in [0.29, 0.717) is 51.6 Å². The third-order valence-corrected chi connectivity index (χ3v) is 22.7. The van der Waals surface area contributed by atoms with E-state index >= 15 is 38.4 Å². The van der Waals surface area contributed by atoms with Crippen LogP contribution in [0.25, 0.3) is 10.9 Å². The Morgan fingerprint density at radius 3 is 1.70 bits per heavy atom. The number of benzene rings is 5. The molecule has 38 heteroatoms. The zero-order valence-electron chi connectivity index (χ0n) is 71.7. The Bertz CT molecular complexity index is 4940. The fraction of sp³-hybridized carbons (Fsp3) is 0.443. The lowest BCUT2D eigenvalue weighted by Gasteiger charge is -2.37. The molecule has 11 atom stereocenters. The number of H-pyrrole nitrogens is 1. The minimum absolute atomic E-state index is 0.0258. The van der Waals surface area contributed by atoms with Crippen molar-refractivity contribution in [2.45, 2.75) is 178 Å². The van der Waals surface area contributed by atoms with Crippen molar-refractivity contribution in [2.75, 3.05) is 64.2 Å². The van der Waals surface area contributed by atoms with E-state index in [9.17, 15) is 63.6 Å². The Labute approximate surface area is 732 Å². The summed E-state index contributed by atoms with van der Waals surface area (Å²) in [5.74, 6) is -20.1. The van der Waals surface area contributed by atoms with E-state index < -0.39 is 223 Å². The lowest BCUT2D eigenvalue weighted by molar-refractivity contribution is -0.152. The van der Waals surface area contributed by atoms with Gasteiger partial charge in [-0.1, -0.05) is 145 Å². The van der Waals surface area contributed by atoms with Crippen molar-refractivity contribution in [3.63, 3.8) is 0 Å². The number of carbonyl (C=O) groups excluding carboxylic acids is 15. The third-order valence-electron chi connectivity index (χ3n) is 21.6. The maximum Gasteiger partial charge on any atom is 0.305 e. The lowest BCUT2D eigenvalue weighted by atomic mass is 9.95. The van der Waals surface area contributed by atoms with Crippen molar-refractivity contribution in [3.8, 4) is 11.5 Å². The van der Waals surface area contributed by atoms with Gasteiger partial charge in [-0.15, -0.1) is 11.8 Å². The standard InChI is InChI=1S/C88H112N16O21S/c1-10-11-26-67-86(123)100(6)45-72(108)93-63(42-76(113)114)82(119)99-77(50(4)5)88(125)103(9)70(38-52-22-16-13-17-23-52)83(120)97-65-39-54-29-32-57(106)41-69(54)104(85(65)122)46-73(109)92-62(40-55-43-90-59-25-19-18-24-58(55)59)81(118)96-61(36-53-27-30-56(105)31-28-53)80(117)95-60(35-49(2)3)79(116)98-66(78(115)91-44-71(89)107)47-126-48-74(110)94-64(37-51-20-14-12-15-21-51)84(121)101(7)68(33-34-75(111)112)87(124)102(67)8/h12-25,27-32,41,43,49-50,60-68,70,77,90,105-106H,10-11,26,33-40,42,44-48H2,1-9H3,(H2,89,107)(H,91,115)(H,92,109)(H,93,108)(H,94,110)(H,95,117)(H,96,118)(H,97,120)(H,98,116)(H,99,119)(H,111,112)(H,113,114)/t60-,61-,62-,63-,64-,65-,66-,67-,68-,70-,77-/m0/s1. The van der Waals surface area contributed by atoms with E-state index in [2.05, 4.69) is 52.8 Å². The number of unbranched alkanes of at least 4 members (excludes halogenated alkanes) is 1. The number of anilines is 1. The van der Waals surface area contributed by atoms with E-state index in [-0.39, 0.29) is 68.1 Å². The highest BCUT2D eigenvalue weighted by atomic mass is 32.2. The summed E-state index contributed by atoms with van der Waals surface area (Å²) in [6.07, 6.45) is -1.41. The summed E-state index contributed by atoms with van der Waals surface area (Å²) in [6.45, 7) is 5.85. The Hall–Kier alpha value is -13.4. The number of nitrogens with zero attached hydrogens (tertiary/aromatic N) is 5. The summed E-state index contributed by atoms with van der Waals surface area (Å²) in [5, 5.41) is 65.8. The van der Waals surface area contributed by atoms with Gasteiger partial charge in [0.15, 0.2) is 0 Å². The molecule has 1 saturated heterocycles. The van der Waals surface area contributed by atoms with Crippen LogP contribution in [0.2, 0.25) is 0 Å². The molecular formula is C88H112N16O21S. The number of nitrogens with two attached hydrogens (primary N) is 1. The number of hydrogen-bond donors (Lipinski definition) is 15. The van der Waals surface area contributed by atoms with Crippen LogP contribution in [0.5, 0.6) is 11.5 Å². The number of carbonyl (C=O) groups is 17. The summed E-state index contributed by atoms with van der Waals surface area (Å²) in [6, 6.07) is 15.8. The molecule has 5 aromatic carbocycles. The number of aromatic nitrogens is 1. The van der Waals surface area contributed by atoms with Gasteiger partial charge in [-0.3, -0.25) is 81.5 Å². The van der Waals surface area contributed by atoms with Crippen molar-refractivity contribution < 1.29 is 102 Å². The first-order chi connectivity index (χ1) is 59.8. The minimum atomic E-state index is -1.94. The van der Waals surface area contributed by atoms with E-state index in [1.165, 1.54) is 70.7 Å². The molecule has 8 rings (SSSR count). The van der Waals surface area contributed by atoms with Crippen LogP contribution < -0.4 is 58.5 Å². The van der Waals surface area contributed by atoms with Crippen LogP contribution in [0.3, 0.4) is 0 Å². The quantitative estimate of drug-likeness (QED) is 0.0448. The molecule has 0 spiro atoms. The fourth-order valence-electron chi connectivity index (χ4n) is 14.8. The summed E-state index contributed by atoms with van der Waals surface area (Å²) in [5.41, 5.74) is 8.30. The van der Waals surface area contributed by atoms with Crippen molar-refractivity contribution in [3.05, 3.63) is 161 Å². The summed E-state index contributed by atoms with van der Waals surface area (Å²) < 4.78 is 0. The molecule has 126 heavy (non-hydrogen) atoms. The number of rotatable bonds is 22. The number of primary amides is 1. The van der Waals surface area contributed by atoms with Gasteiger partial charge >= 0.3 is 11.9 Å². The van der Waals surface area contributed by atoms with E-state index in [1.54, 1.807) is 126 Å². The van der Waals surface area contributed by atoms with Gasteiger partial charge in [0.25, 0.3) is 0 Å². The zero-order chi connectivity index (χ0) is 92.3. The van der Waals surface area contributed by atoms with Crippen LogP contribution in [0, 0.1) is 11.8 Å². The molecule has 3 heterocycles. The van der Waals surface area contributed by atoms with Crippen LogP contribution in [0.4, 0.5) is 5.69 Å². The van der Waals surface area contributed by atoms with Crippen molar-refractivity contribution in [1.29, 1.82) is 0 Å². The number of phenolic OH excluding ortho intramolecular Hbond substituents is 2. The van der Waals surface area contributed by atoms with Gasteiger partial charge in [0.1, 0.15) is 84.5 Å². The predicted molar refractivity (Wildman–Crippen MR) is 463 cm³/mol. The molecule has 15 amide bonds. The number of thioether (sulfide) groups is 1. The van der Waals surface area contributed by atoms with Gasteiger partial charge in [0.2, 0.25) is 88.6 Å². The number of para-hydroxylation sites is 1. The second-order valence-corrected chi connectivity index (χ2v) is 33.2. The molecule has 2 bridgehead atoms. The van der Waals surface area contributed by atoms with Gasteiger partial charge < -0.3 is 103 Å². The Balaban J connectivity index is 1.21. The number of hydrogen-bond acceptors (Lipinski definition) is 20. The maximum absolute atomic E-state index is 15.4. The second kappa shape index (κ2) is 46.3. The average Bonchev–Trinajstić information content (AvgIpc) is 0.919. The molecule has 1 fully saturated rings. The molecule has 37 nitrogen and oxygen atoms in total. The van der Waals surface area contributed by atoms with E-state index in [0.717, 1.165) is 36.3 Å². The molecule has 16 N–H and O–H groups in total. The third kappa shape index (κ3) is 28.0. The SMILES string of the molecule is CCCC[C@H]1C(=O)N(C)CC(=O)N[C@@H](CC(=O)O)C(=O)N[C@@H](C(C)C)C(=O)N(C)[C@@H](Cc2ccccc2)C(=O)N[C@H]2Cc3ccc(O)cc3N(CC(=O)N[C@@H](Cc3c[nH]c4ccccc34)C(=O)N[C@@H](Cc3ccc(O)cc3)C(=O)N[C@@H](CC(C)C)C(=O)N[C@H](C(=O)NCC(N)=O)CSCC(=O)N[C@@H](Cc3ccccc3)C(=O)N(C)[C@@H](CCC(=O)O)C(=O)N1C)C2=O. The number of fused-ring (bicyclic) bond motifs is 5. The number of amides is 15. The van der Waals surface area contributed by atoms with Crippen LogP contribution in [-0.4, -0.2) is 271 Å². The van der Waals surface area contributed by atoms with Crippen molar-refractivity contribution >= 4 is 129 Å². The number of likely N-dealkylation sites (N-methyl/N-ethyl adjacent to an activating group) is 4. The molecule has 2 aliphatic rings. The molecule has 0 aliphatic carbocycles. The van der Waals surface area contributed by atoms with Crippen LogP contribution >= 0.6 is 11.8 Å². The first-order valence-electron chi connectivity index (χ1n) is 41.4. The fourth-order valence-corrected chi connectivity index (χ4v) is 15.7. The number of nitrogens with one attached hydrogen (secondary N) is 10. The number of carboxylic acid groups (broad SMARTS) is 2. The normalized spacial score (nSPS) is 22.4. The molecule has 0 saturated carbocycles. The molecule has 2 aliphatic heterocycles. The minimum Gasteiger partial charge on any atom is -0.508 e. The summed E-state index contributed by atoms with van der Waals surface area (Å²) in [4.78, 5) is 254. The van der Waals surface area contributed by atoms with Gasteiger partial charge in [-0.25, -0.2) is 0 Å². The maximum atomic E-state index is 15.4. The summed E-state index contributed by atoms with van der Waals surface area (Å²) in [7, 11) is 4.90. The number of aromatic hydroxyl groups is 2. The van der Waals surface area contributed by atoms with Gasteiger partial charge in [-0.05, 0) is 83.2 Å². The molecule has 6 aromatic rings. The topological polar surface area (TPSA) is 537 Å².